The van der Waals surface area contributed by atoms with Gasteiger partial charge in [0.1, 0.15) is 7.11 Å². The number of aryl methyl sites for hydroxylation is 1. The lowest BCUT2D eigenvalue weighted by Gasteiger charge is -1.81. The summed E-state index contributed by atoms with van der Waals surface area (Å²) in [6.45, 7) is 1.95. The summed E-state index contributed by atoms with van der Waals surface area (Å²) < 4.78 is 4.06. The highest BCUT2D eigenvalue weighted by Crippen LogP contribution is 2.05. The topological polar surface area (TPSA) is 34.5 Å². The normalized spacial score (nSPS) is 10.6. The maximum atomic E-state index is 4.50. The van der Waals surface area contributed by atoms with Gasteiger partial charge in [-0.2, -0.15) is 4.37 Å². The molecule has 54 valence electrons. The van der Waals surface area contributed by atoms with E-state index < -0.39 is 0 Å². The van der Waals surface area contributed by atoms with E-state index in [2.05, 4.69) is 14.4 Å². The number of hydrogen-bond acceptors (Lipinski definition) is 4. The Morgan fingerprint density at radius 3 is 3.10 bits per heavy atom. The summed E-state index contributed by atoms with van der Waals surface area (Å²) in [4.78, 5) is 5.52. The average Bonchev–Trinajstić information content (AvgIpc) is 2.31. The zero-order valence-electron chi connectivity index (χ0n) is 5.87. The van der Waals surface area contributed by atoms with Gasteiger partial charge in [-0.05, 0) is 24.5 Å². The second kappa shape index (κ2) is 3.31. The standard InChI is InChI=1S/C6H8N2OS/c1-5-3-6(10-8-5)4-7-9-2/h3-4H,1-2H3/b7-4+. The molecule has 4 heteroatoms. The SMILES string of the molecule is CO/N=C/c1cc(C)ns1. The molecule has 0 saturated heterocycles. The van der Waals surface area contributed by atoms with Crippen LogP contribution >= 0.6 is 11.5 Å². The third kappa shape index (κ3) is 1.80. The second-order valence-corrected chi connectivity index (χ2v) is 2.62. The van der Waals surface area contributed by atoms with Crippen LogP contribution < -0.4 is 0 Å². The van der Waals surface area contributed by atoms with Crippen LogP contribution in [-0.4, -0.2) is 17.7 Å². The van der Waals surface area contributed by atoms with Gasteiger partial charge >= 0.3 is 0 Å². The second-order valence-electron chi connectivity index (χ2n) is 1.79. The zero-order valence-corrected chi connectivity index (χ0v) is 6.68. The lowest BCUT2D eigenvalue weighted by Crippen LogP contribution is -1.73. The summed E-state index contributed by atoms with van der Waals surface area (Å²) in [6.07, 6.45) is 1.64. The van der Waals surface area contributed by atoms with Crippen LogP contribution in [0.3, 0.4) is 0 Å². The van der Waals surface area contributed by atoms with Crippen LogP contribution in [-0.2, 0) is 4.84 Å². The van der Waals surface area contributed by atoms with E-state index in [4.69, 9.17) is 0 Å². The van der Waals surface area contributed by atoms with Crippen LogP contribution in [0.2, 0.25) is 0 Å². The van der Waals surface area contributed by atoms with E-state index in [1.807, 2.05) is 13.0 Å². The first kappa shape index (κ1) is 7.21. The maximum absolute atomic E-state index is 4.50. The molecule has 1 rings (SSSR count). The predicted molar refractivity (Wildman–Crippen MR) is 41.5 cm³/mol. The van der Waals surface area contributed by atoms with Gasteiger partial charge in [-0.1, -0.05) is 5.16 Å². The molecule has 0 unspecified atom stereocenters. The van der Waals surface area contributed by atoms with Crippen molar-refractivity contribution in [3.8, 4) is 0 Å². The summed E-state index contributed by atoms with van der Waals surface area (Å²) in [5, 5.41) is 3.60. The van der Waals surface area contributed by atoms with E-state index in [9.17, 15) is 0 Å². The minimum atomic E-state index is 1.01. The van der Waals surface area contributed by atoms with E-state index in [-0.39, 0.29) is 0 Å². The molecule has 0 bridgehead atoms. The largest absolute Gasteiger partial charge is 0.399 e. The molecule has 0 N–H and O–H groups in total. The Bertz CT molecular complexity index is 231. The van der Waals surface area contributed by atoms with Crippen molar-refractivity contribution in [2.75, 3.05) is 7.11 Å². The molecule has 1 heterocycles. The van der Waals surface area contributed by atoms with Gasteiger partial charge in [0, 0.05) is 0 Å². The molecule has 1 aromatic rings. The van der Waals surface area contributed by atoms with Crippen molar-refractivity contribution < 1.29 is 4.84 Å². The molecule has 0 amide bonds. The van der Waals surface area contributed by atoms with Crippen molar-refractivity contribution in [2.45, 2.75) is 6.92 Å². The van der Waals surface area contributed by atoms with E-state index in [0.717, 1.165) is 10.6 Å². The third-order valence-corrected chi connectivity index (χ3v) is 1.74. The summed E-state index contributed by atoms with van der Waals surface area (Å²) in [5.41, 5.74) is 1.02. The third-order valence-electron chi connectivity index (χ3n) is 0.932. The smallest absolute Gasteiger partial charge is 0.106 e. The molecule has 0 atom stereocenters. The summed E-state index contributed by atoms with van der Waals surface area (Å²) in [6, 6.07) is 1.95. The molecular weight excluding hydrogens is 148 g/mol. The zero-order chi connectivity index (χ0) is 7.40. The van der Waals surface area contributed by atoms with Crippen molar-refractivity contribution in [1.29, 1.82) is 0 Å². The van der Waals surface area contributed by atoms with Crippen LogP contribution in [0.25, 0.3) is 0 Å². The van der Waals surface area contributed by atoms with Crippen molar-refractivity contribution in [2.24, 2.45) is 5.16 Å². The Morgan fingerprint density at radius 1 is 1.80 bits per heavy atom. The molecule has 1 aromatic heterocycles. The molecule has 0 aliphatic rings. The molecule has 0 spiro atoms. The van der Waals surface area contributed by atoms with Gasteiger partial charge < -0.3 is 4.84 Å². The van der Waals surface area contributed by atoms with Crippen molar-refractivity contribution in [1.82, 2.24) is 4.37 Å². The highest BCUT2D eigenvalue weighted by molar-refractivity contribution is 7.07. The molecule has 10 heavy (non-hydrogen) atoms. The van der Waals surface area contributed by atoms with Crippen LogP contribution in [0.1, 0.15) is 10.6 Å². The van der Waals surface area contributed by atoms with Gasteiger partial charge in [0.15, 0.2) is 0 Å². The van der Waals surface area contributed by atoms with Crippen LogP contribution in [0.4, 0.5) is 0 Å². The summed E-state index contributed by atoms with van der Waals surface area (Å²) in [7, 11) is 1.52. The molecule has 0 radical (unpaired) electrons. The van der Waals surface area contributed by atoms with Crippen LogP contribution in [0.15, 0.2) is 11.2 Å². The Kier molecular flexibility index (Phi) is 2.39. The van der Waals surface area contributed by atoms with Gasteiger partial charge in [-0.25, -0.2) is 0 Å². The highest BCUT2D eigenvalue weighted by atomic mass is 32.1. The first-order chi connectivity index (χ1) is 4.83. The monoisotopic (exact) mass is 156 g/mol. The van der Waals surface area contributed by atoms with Gasteiger partial charge in [0.2, 0.25) is 0 Å². The minimum absolute atomic E-state index is 1.01. The fourth-order valence-corrected chi connectivity index (χ4v) is 1.16. The van der Waals surface area contributed by atoms with Gasteiger partial charge in [-0.15, -0.1) is 0 Å². The van der Waals surface area contributed by atoms with Gasteiger partial charge in [-0.3, -0.25) is 0 Å². The molecule has 3 nitrogen and oxygen atoms in total. The molecule has 0 fully saturated rings. The highest BCUT2D eigenvalue weighted by Gasteiger charge is 1.92. The number of rotatable bonds is 2. The Balaban J connectivity index is 2.67. The van der Waals surface area contributed by atoms with E-state index in [1.54, 1.807) is 6.21 Å². The van der Waals surface area contributed by atoms with Crippen molar-refractivity contribution in [3.05, 3.63) is 16.6 Å². The van der Waals surface area contributed by atoms with Crippen LogP contribution in [0.5, 0.6) is 0 Å². The van der Waals surface area contributed by atoms with E-state index in [0.29, 0.717) is 0 Å². The van der Waals surface area contributed by atoms with E-state index in [1.165, 1.54) is 18.6 Å². The lowest BCUT2D eigenvalue weighted by atomic mass is 10.4. The molecule has 0 saturated carbocycles. The molecular formula is C6H8N2OS. The lowest BCUT2D eigenvalue weighted by molar-refractivity contribution is 0.215. The fourth-order valence-electron chi connectivity index (χ4n) is 0.549. The number of oxime groups is 1. The summed E-state index contributed by atoms with van der Waals surface area (Å²) >= 11 is 1.41. The Hall–Kier alpha value is -0.900. The molecule has 0 aromatic carbocycles. The van der Waals surface area contributed by atoms with Gasteiger partial charge in [0.25, 0.3) is 0 Å². The predicted octanol–water partition coefficient (Wildman–Crippen LogP) is 1.43. The number of hydrogen-bond donors (Lipinski definition) is 0. The number of aromatic nitrogens is 1. The van der Waals surface area contributed by atoms with Crippen molar-refractivity contribution >= 4 is 17.7 Å². The first-order valence-electron chi connectivity index (χ1n) is 2.83. The summed E-state index contributed by atoms with van der Waals surface area (Å²) in [5.74, 6) is 0. The van der Waals surface area contributed by atoms with Crippen molar-refractivity contribution in [3.63, 3.8) is 0 Å². The van der Waals surface area contributed by atoms with Gasteiger partial charge in [0.05, 0.1) is 16.8 Å². The Labute approximate surface area is 63.5 Å². The Morgan fingerprint density at radius 2 is 2.60 bits per heavy atom. The average molecular weight is 156 g/mol. The quantitative estimate of drug-likeness (QED) is 0.479. The number of nitrogens with zero attached hydrogens (tertiary/aromatic N) is 2. The maximum Gasteiger partial charge on any atom is 0.106 e. The molecule has 0 aliphatic heterocycles. The molecule has 0 aliphatic carbocycles. The van der Waals surface area contributed by atoms with Crippen LogP contribution in [0, 0.1) is 6.92 Å². The minimum Gasteiger partial charge on any atom is -0.399 e. The van der Waals surface area contributed by atoms with E-state index >= 15 is 0 Å². The fraction of sp³-hybridized carbons (Fsp3) is 0.333. The first-order valence-corrected chi connectivity index (χ1v) is 3.60.